The van der Waals surface area contributed by atoms with Crippen LogP contribution in [-0.2, 0) is 0 Å². The Balaban J connectivity index is 2.68. The highest BCUT2D eigenvalue weighted by atomic mass is 15.0. The van der Waals surface area contributed by atoms with E-state index in [4.69, 9.17) is 4.98 Å². The number of imidazole rings is 1. The molecule has 0 spiro atoms. The van der Waals surface area contributed by atoms with Crippen LogP contribution in [0.25, 0.3) is 5.65 Å². The van der Waals surface area contributed by atoms with Crippen molar-refractivity contribution in [1.82, 2.24) is 9.38 Å². The summed E-state index contributed by atoms with van der Waals surface area (Å²) in [5, 5.41) is 0. The second kappa shape index (κ2) is 4.28. The summed E-state index contributed by atoms with van der Waals surface area (Å²) in [4.78, 5) is 4.77. The molecule has 0 saturated heterocycles. The number of fused-ring (bicyclic) bond motifs is 1. The zero-order valence-electron chi connectivity index (χ0n) is 10.6. The summed E-state index contributed by atoms with van der Waals surface area (Å²) in [7, 11) is 0. The van der Waals surface area contributed by atoms with E-state index in [1.165, 1.54) is 11.4 Å². The Morgan fingerprint density at radius 2 is 2.00 bits per heavy atom. The molecule has 2 aromatic rings. The first-order valence-corrected chi connectivity index (χ1v) is 6.12. The third-order valence-electron chi connectivity index (χ3n) is 3.22. The van der Waals surface area contributed by atoms with Crippen LogP contribution >= 0.6 is 0 Å². The van der Waals surface area contributed by atoms with E-state index >= 15 is 0 Å². The van der Waals surface area contributed by atoms with Crippen LogP contribution in [0.5, 0.6) is 0 Å². The summed E-state index contributed by atoms with van der Waals surface area (Å²) < 4.78 is 2.23. The van der Waals surface area contributed by atoms with Gasteiger partial charge in [0.2, 0.25) is 0 Å². The molecule has 2 nitrogen and oxygen atoms in total. The molecule has 0 N–H and O–H groups in total. The number of hydrogen-bond donors (Lipinski definition) is 0. The van der Waals surface area contributed by atoms with E-state index in [0.717, 1.165) is 12.1 Å². The Morgan fingerprint density at radius 1 is 1.25 bits per heavy atom. The number of aromatic nitrogens is 2. The van der Waals surface area contributed by atoms with E-state index in [1.807, 2.05) is 6.07 Å². The molecule has 2 heterocycles. The summed E-state index contributed by atoms with van der Waals surface area (Å²) in [6, 6.07) is 6.20. The minimum absolute atomic E-state index is 0.515. The van der Waals surface area contributed by atoms with Gasteiger partial charge in [-0.3, -0.25) is 0 Å². The number of rotatable bonds is 3. The topological polar surface area (TPSA) is 17.3 Å². The smallest absolute Gasteiger partial charge is 0.137 e. The molecular formula is C14H20N2. The third kappa shape index (κ3) is 1.73. The van der Waals surface area contributed by atoms with Gasteiger partial charge in [0, 0.05) is 11.9 Å². The van der Waals surface area contributed by atoms with Gasteiger partial charge in [-0.2, -0.15) is 0 Å². The Morgan fingerprint density at radius 3 is 2.62 bits per heavy atom. The predicted molar refractivity (Wildman–Crippen MR) is 68.0 cm³/mol. The Bertz CT molecular complexity index is 482. The molecule has 0 bridgehead atoms. The minimum atomic E-state index is 0.515. The normalized spacial score (nSPS) is 13.6. The molecule has 86 valence electrons. The van der Waals surface area contributed by atoms with E-state index in [9.17, 15) is 0 Å². The van der Waals surface area contributed by atoms with Crippen molar-refractivity contribution in [2.45, 2.75) is 46.0 Å². The van der Waals surface area contributed by atoms with E-state index < -0.39 is 0 Å². The van der Waals surface area contributed by atoms with Crippen molar-refractivity contribution in [3.63, 3.8) is 0 Å². The summed E-state index contributed by atoms with van der Waals surface area (Å²) in [6.07, 6.45) is 3.26. The van der Waals surface area contributed by atoms with Crippen LogP contribution in [0.2, 0.25) is 0 Å². The quantitative estimate of drug-likeness (QED) is 0.758. The number of nitrogens with zero attached hydrogens (tertiary/aromatic N) is 2. The molecule has 0 aliphatic carbocycles. The maximum absolute atomic E-state index is 4.77. The zero-order valence-corrected chi connectivity index (χ0v) is 10.6. The van der Waals surface area contributed by atoms with E-state index in [0.29, 0.717) is 11.8 Å². The monoisotopic (exact) mass is 216 g/mol. The predicted octanol–water partition coefficient (Wildman–Crippen LogP) is 3.97. The molecule has 0 aromatic carbocycles. The SMILES string of the molecule is CCC(C)c1nc2ccccn2c1C(C)C. The van der Waals surface area contributed by atoms with E-state index in [1.54, 1.807) is 0 Å². The summed E-state index contributed by atoms with van der Waals surface area (Å²) in [6.45, 7) is 8.96. The molecule has 0 radical (unpaired) electrons. The Hall–Kier alpha value is -1.31. The van der Waals surface area contributed by atoms with Crippen molar-refractivity contribution in [3.8, 4) is 0 Å². The molecule has 0 aliphatic rings. The van der Waals surface area contributed by atoms with Gasteiger partial charge in [-0.25, -0.2) is 4.98 Å². The molecule has 0 amide bonds. The van der Waals surface area contributed by atoms with Crippen molar-refractivity contribution in [1.29, 1.82) is 0 Å². The van der Waals surface area contributed by atoms with Crippen molar-refractivity contribution >= 4 is 5.65 Å². The lowest BCUT2D eigenvalue weighted by Crippen LogP contribution is -2.01. The highest BCUT2D eigenvalue weighted by Gasteiger charge is 2.18. The van der Waals surface area contributed by atoms with Crippen molar-refractivity contribution in [2.24, 2.45) is 0 Å². The van der Waals surface area contributed by atoms with Gasteiger partial charge in [0.15, 0.2) is 0 Å². The van der Waals surface area contributed by atoms with Gasteiger partial charge in [-0.1, -0.05) is 33.8 Å². The van der Waals surface area contributed by atoms with Crippen LogP contribution in [0.3, 0.4) is 0 Å². The standard InChI is InChI=1S/C14H20N2/c1-5-11(4)13-14(10(2)3)16-9-7-6-8-12(16)15-13/h6-11H,5H2,1-4H3. The second-order valence-corrected chi connectivity index (χ2v) is 4.78. The average Bonchev–Trinajstić information content (AvgIpc) is 2.67. The number of pyridine rings is 1. The average molecular weight is 216 g/mol. The largest absolute Gasteiger partial charge is 0.304 e. The molecule has 0 saturated carbocycles. The third-order valence-corrected chi connectivity index (χ3v) is 3.22. The van der Waals surface area contributed by atoms with Gasteiger partial charge in [-0.05, 0) is 30.4 Å². The van der Waals surface area contributed by atoms with Crippen molar-refractivity contribution < 1.29 is 0 Å². The minimum Gasteiger partial charge on any atom is -0.304 e. The Kier molecular flexibility index (Phi) is 2.99. The lowest BCUT2D eigenvalue weighted by Gasteiger charge is -2.12. The number of hydrogen-bond acceptors (Lipinski definition) is 1. The highest BCUT2D eigenvalue weighted by Crippen LogP contribution is 2.28. The van der Waals surface area contributed by atoms with Gasteiger partial charge >= 0.3 is 0 Å². The molecule has 1 atom stereocenters. The Labute approximate surface area is 97.3 Å². The maximum Gasteiger partial charge on any atom is 0.137 e. The van der Waals surface area contributed by atoms with Gasteiger partial charge in [-0.15, -0.1) is 0 Å². The van der Waals surface area contributed by atoms with Crippen LogP contribution in [0.15, 0.2) is 24.4 Å². The van der Waals surface area contributed by atoms with Gasteiger partial charge < -0.3 is 4.40 Å². The van der Waals surface area contributed by atoms with Crippen LogP contribution in [0.4, 0.5) is 0 Å². The molecule has 2 aromatic heterocycles. The molecule has 2 rings (SSSR count). The van der Waals surface area contributed by atoms with Gasteiger partial charge in [0.1, 0.15) is 5.65 Å². The van der Waals surface area contributed by atoms with Crippen molar-refractivity contribution in [3.05, 3.63) is 35.8 Å². The lowest BCUT2D eigenvalue weighted by molar-refractivity contribution is 0.681. The second-order valence-electron chi connectivity index (χ2n) is 4.78. The van der Waals surface area contributed by atoms with Gasteiger partial charge in [0.05, 0.1) is 5.69 Å². The van der Waals surface area contributed by atoms with E-state index in [2.05, 4.69) is 50.4 Å². The lowest BCUT2D eigenvalue weighted by atomic mass is 9.98. The first-order chi connectivity index (χ1) is 7.65. The van der Waals surface area contributed by atoms with Crippen LogP contribution in [-0.4, -0.2) is 9.38 Å². The summed E-state index contributed by atoms with van der Waals surface area (Å²) in [5.41, 5.74) is 3.70. The molecule has 0 fully saturated rings. The molecule has 16 heavy (non-hydrogen) atoms. The molecule has 1 unspecified atom stereocenters. The van der Waals surface area contributed by atoms with E-state index in [-0.39, 0.29) is 0 Å². The fourth-order valence-corrected chi connectivity index (χ4v) is 2.16. The fourth-order valence-electron chi connectivity index (χ4n) is 2.16. The highest BCUT2D eigenvalue weighted by molar-refractivity contribution is 5.44. The first-order valence-electron chi connectivity index (χ1n) is 6.12. The van der Waals surface area contributed by atoms with Gasteiger partial charge in [0.25, 0.3) is 0 Å². The molecule has 0 aliphatic heterocycles. The molecule has 2 heteroatoms. The maximum atomic E-state index is 4.77. The van der Waals surface area contributed by atoms with Crippen LogP contribution in [0, 0.1) is 0 Å². The fraction of sp³-hybridized carbons (Fsp3) is 0.500. The van der Waals surface area contributed by atoms with Crippen LogP contribution < -0.4 is 0 Å². The first kappa shape index (κ1) is 11.2. The molecular weight excluding hydrogens is 196 g/mol. The zero-order chi connectivity index (χ0) is 11.7. The van der Waals surface area contributed by atoms with Crippen molar-refractivity contribution in [2.75, 3.05) is 0 Å². The van der Waals surface area contributed by atoms with Crippen LogP contribution in [0.1, 0.15) is 57.3 Å². The summed E-state index contributed by atoms with van der Waals surface area (Å²) >= 11 is 0. The summed E-state index contributed by atoms with van der Waals surface area (Å²) in [5.74, 6) is 1.05.